The molecule has 3 unspecified atom stereocenters. The lowest BCUT2D eigenvalue weighted by Crippen LogP contribution is -2.35. The molecule has 5 nitrogen and oxygen atoms in total. The van der Waals surface area contributed by atoms with E-state index in [0.29, 0.717) is 48.8 Å². The van der Waals surface area contributed by atoms with Gasteiger partial charge in [-0.15, -0.1) is 0 Å². The summed E-state index contributed by atoms with van der Waals surface area (Å²) < 4.78 is 39.1. The number of halogens is 5. The van der Waals surface area contributed by atoms with E-state index in [4.69, 9.17) is 39.2 Å². The number of benzene rings is 4. The minimum absolute atomic E-state index is 0.0381. The van der Waals surface area contributed by atoms with Crippen molar-refractivity contribution in [2.45, 2.75) is 85.5 Å². The number of hydrogen-bond acceptors (Lipinski definition) is 4. The summed E-state index contributed by atoms with van der Waals surface area (Å²) in [6.45, 7) is 15.3. The lowest BCUT2D eigenvalue weighted by molar-refractivity contribution is 0.162. The number of rotatable bonds is 9. The maximum absolute atomic E-state index is 16.7. The Labute approximate surface area is 353 Å². The second-order valence-electron chi connectivity index (χ2n) is 18.5. The third kappa shape index (κ3) is 7.43. The van der Waals surface area contributed by atoms with Crippen molar-refractivity contribution in [1.82, 2.24) is 9.97 Å². The molecule has 4 aromatic carbocycles. The van der Waals surface area contributed by atoms with Gasteiger partial charge in [0, 0.05) is 50.9 Å². The molecule has 0 fully saturated rings. The second-order valence-corrected chi connectivity index (χ2v) is 19.7. The third-order valence-corrected chi connectivity index (χ3v) is 13.4. The fraction of sp³-hybridized carbons (Fsp3) is 0.354. The summed E-state index contributed by atoms with van der Waals surface area (Å²) in [6, 6.07) is 19.6. The van der Waals surface area contributed by atoms with Gasteiger partial charge in [0.25, 0.3) is 0 Å². The van der Waals surface area contributed by atoms with Crippen molar-refractivity contribution in [3.8, 4) is 22.3 Å². The van der Waals surface area contributed by atoms with Crippen LogP contribution in [-0.2, 0) is 18.3 Å². The molecule has 0 radical (unpaired) electrons. The molecular weight excluding hydrogens is 793 g/mol. The number of hydrogen-bond donors (Lipinski definition) is 1. The first-order valence-electron chi connectivity index (χ1n) is 19.8. The Morgan fingerprint density at radius 2 is 1.66 bits per heavy atom. The second kappa shape index (κ2) is 15.1. The maximum Gasteiger partial charge on any atom is 0.134 e. The number of nitrogens with zero attached hydrogens (tertiary/aromatic N) is 3. The highest BCUT2D eigenvalue weighted by Gasteiger charge is 2.43. The molecule has 1 N–H and O–H groups in total. The van der Waals surface area contributed by atoms with Crippen molar-refractivity contribution >= 4 is 57.8 Å². The van der Waals surface area contributed by atoms with Crippen LogP contribution < -0.4 is 0 Å². The summed E-state index contributed by atoms with van der Waals surface area (Å²) in [7, 11) is 0. The average molecular weight is 840 g/mol. The molecule has 3 atom stereocenters. The summed E-state index contributed by atoms with van der Waals surface area (Å²) >= 11 is 19.6. The van der Waals surface area contributed by atoms with Crippen LogP contribution in [0.5, 0.6) is 0 Å². The first kappa shape index (κ1) is 40.5. The first-order chi connectivity index (χ1) is 27.4. The van der Waals surface area contributed by atoms with Crippen LogP contribution >= 0.6 is 34.8 Å². The van der Waals surface area contributed by atoms with Crippen LogP contribution in [0.1, 0.15) is 95.2 Å². The molecule has 1 aliphatic carbocycles. The molecular formula is C48H47Cl3F2N4O. The Kier molecular flexibility index (Phi) is 10.5. The van der Waals surface area contributed by atoms with Crippen molar-refractivity contribution in [3.05, 3.63) is 134 Å². The van der Waals surface area contributed by atoms with Gasteiger partial charge in [-0.25, -0.2) is 13.8 Å². The van der Waals surface area contributed by atoms with Crippen LogP contribution in [0.2, 0.25) is 15.1 Å². The molecule has 0 saturated carbocycles. The summed E-state index contributed by atoms with van der Waals surface area (Å²) in [5, 5.41) is 10.4. The van der Waals surface area contributed by atoms with Gasteiger partial charge in [0.15, 0.2) is 0 Å². The summed E-state index contributed by atoms with van der Waals surface area (Å²) in [5.41, 5.74) is 6.90. The van der Waals surface area contributed by atoms with E-state index in [1.165, 1.54) is 11.6 Å². The van der Waals surface area contributed by atoms with Crippen LogP contribution in [0.25, 0.3) is 33.3 Å². The topological polar surface area (TPSA) is 66.5 Å². The van der Waals surface area contributed by atoms with Crippen molar-refractivity contribution < 1.29 is 13.2 Å². The molecule has 2 aromatic heterocycles. The van der Waals surface area contributed by atoms with Gasteiger partial charge in [-0.3, -0.25) is 0 Å². The van der Waals surface area contributed by atoms with E-state index in [2.05, 4.69) is 54.8 Å². The van der Waals surface area contributed by atoms with Crippen LogP contribution in [-0.4, -0.2) is 21.9 Å². The lowest BCUT2D eigenvalue weighted by atomic mass is 9.63. The molecule has 6 aromatic rings. The largest absolute Gasteiger partial charge is 0.468 e. The maximum atomic E-state index is 16.7. The lowest BCUT2D eigenvalue weighted by Gasteiger charge is -2.41. The van der Waals surface area contributed by atoms with Crippen molar-refractivity contribution in [2.75, 3.05) is 0 Å². The number of aromatic nitrogens is 2. The third-order valence-electron chi connectivity index (χ3n) is 12.6. The number of imidazole rings is 1. The highest BCUT2D eigenvalue weighted by atomic mass is 35.5. The van der Waals surface area contributed by atoms with Gasteiger partial charge >= 0.3 is 0 Å². The molecule has 8 rings (SSSR count). The Morgan fingerprint density at radius 1 is 0.862 bits per heavy atom. The van der Waals surface area contributed by atoms with Gasteiger partial charge < -0.3 is 9.40 Å². The molecule has 0 amide bonds. The Morgan fingerprint density at radius 3 is 2.41 bits per heavy atom. The molecule has 300 valence electrons. The van der Waals surface area contributed by atoms with E-state index in [9.17, 15) is 0 Å². The van der Waals surface area contributed by atoms with Gasteiger partial charge in [0.05, 0.1) is 39.4 Å². The highest BCUT2D eigenvalue weighted by Crippen LogP contribution is 2.52. The fourth-order valence-electron chi connectivity index (χ4n) is 9.29. The normalized spacial score (nSPS) is 18.6. The number of H-pyrrole nitrogens is 1. The van der Waals surface area contributed by atoms with Crippen LogP contribution in [0, 0.1) is 34.3 Å². The molecule has 58 heavy (non-hydrogen) atoms. The molecule has 0 bridgehead atoms. The zero-order valence-electron chi connectivity index (χ0n) is 33.8. The van der Waals surface area contributed by atoms with E-state index >= 15 is 8.78 Å². The van der Waals surface area contributed by atoms with Gasteiger partial charge in [0.2, 0.25) is 0 Å². The average Bonchev–Trinajstić information content (AvgIpc) is 3.93. The monoisotopic (exact) mass is 838 g/mol. The molecule has 0 saturated heterocycles. The van der Waals surface area contributed by atoms with E-state index in [-0.39, 0.29) is 34.9 Å². The summed E-state index contributed by atoms with van der Waals surface area (Å²) in [5.74, 6) is 0.691. The molecule has 1 aliphatic heterocycles. The molecule has 2 aliphatic rings. The predicted octanol–water partition coefficient (Wildman–Crippen LogP) is 14.5. The Bertz CT molecular complexity index is 2610. The molecule has 0 spiro atoms. The van der Waals surface area contributed by atoms with Crippen LogP contribution in [0.3, 0.4) is 0 Å². The smallest absolute Gasteiger partial charge is 0.134 e. The molecule has 10 heteroatoms. The quantitative estimate of drug-likeness (QED) is 0.158. The van der Waals surface area contributed by atoms with E-state index in [1.54, 1.807) is 30.6 Å². The molecule has 3 heterocycles. The van der Waals surface area contributed by atoms with Gasteiger partial charge in [-0.05, 0) is 101 Å². The summed E-state index contributed by atoms with van der Waals surface area (Å²) in [4.78, 5) is 7.51. The standard InChI is InChI=1S/C48H47Cl3F2N4O/c1-46(2,3)29-18-28(22-48(6,7)36-23-56-57-43(36)31-13-12-30(49)20-38(31)51)45-33(19-29)34(24-58-45)26-11-15-39(52)27(17-26)21-47(4,5)35-10-8-9-32(42(35)53)41-37(50)14-16-40-44(41)55-25-54-40/h8-17,20,23-25,28-29,36H,18-19,21-22H2,1-7H3,(H,54,55). The van der Waals surface area contributed by atoms with Gasteiger partial charge in [0.1, 0.15) is 17.4 Å². The van der Waals surface area contributed by atoms with Crippen molar-refractivity contribution in [2.24, 2.45) is 32.9 Å². The van der Waals surface area contributed by atoms with Crippen molar-refractivity contribution in [1.29, 1.82) is 0 Å². The van der Waals surface area contributed by atoms with E-state index < -0.39 is 11.2 Å². The zero-order chi connectivity index (χ0) is 41.3. The minimum atomic E-state index is -0.780. The minimum Gasteiger partial charge on any atom is -0.468 e. The van der Waals surface area contributed by atoms with Gasteiger partial charge in [-0.2, -0.15) is 10.2 Å². The number of furan rings is 1. The zero-order valence-corrected chi connectivity index (χ0v) is 36.1. The number of fused-ring (bicyclic) bond motifs is 2. The first-order valence-corrected chi connectivity index (χ1v) is 20.9. The SMILES string of the molecule is CC(C)(Cc1cc(-c2coc3c2CC(C(C)(C)C)CC3CC(C)(C)C2C=NN=C2c2ccc(Cl)cc2Cl)ccc1F)c1cccc(-c2c(Cl)ccc3[nH]cnc23)c1F. The highest BCUT2D eigenvalue weighted by molar-refractivity contribution is 6.37. The van der Waals surface area contributed by atoms with E-state index in [1.807, 2.05) is 62.7 Å². The predicted molar refractivity (Wildman–Crippen MR) is 235 cm³/mol. The van der Waals surface area contributed by atoms with Gasteiger partial charge in [-0.1, -0.05) is 114 Å². The number of nitrogens with one attached hydrogen (secondary N) is 1. The Balaban J connectivity index is 1.11. The van der Waals surface area contributed by atoms with Crippen LogP contribution in [0.15, 0.2) is 93.9 Å². The summed E-state index contributed by atoms with van der Waals surface area (Å²) in [6.07, 6.45) is 8.26. The Hall–Kier alpha value is -4.30. The van der Waals surface area contributed by atoms with Crippen molar-refractivity contribution in [3.63, 3.8) is 0 Å². The van der Waals surface area contributed by atoms with E-state index in [0.717, 1.165) is 52.9 Å². The van der Waals surface area contributed by atoms with Crippen LogP contribution in [0.4, 0.5) is 8.78 Å². The number of aromatic amines is 1. The fourth-order valence-corrected chi connectivity index (χ4v) is 10.1.